The lowest BCUT2D eigenvalue weighted by atomic mass is 9.27. The Morgan fingerprint density at radius 3 is 2.62 bits per heavy atom. The summed E-state index contributed by atoms with van der Waals surface area (Å²) in [5, 5.41) is 0.595. The van der Waals surface area contributed by atoms with Gasteiger partial charge < -0.3 is 4.74 Å². The van der Waals surface area contributed by atoms with Crippen LogP contribution in [0.2, 0.25) is 11.1 Å². The Labute approximate surface area is 130 Å². The molecule has 0 aromatic rings. The molecule has 0 aromatic heterocycles. The summed E-state index contributed by atoms with van der Waals surface area (Å²) < 4.78 is 5.75. The van der Waals surface area contributed by atoms with E-state index in [9.17, 15) is 4.79 Å². The van der Waals surface area contributed by atoms with Crippen molar-refractivity contribution in [2.45, 2.75) is 95.5 Å². The second-order valence-corrected chi connectivity index (χ2v) is 8.26. The highest BCUT2D eigenvalue weighted by Crippen LogP contribution is 2.59. The number of amides is 1. The first-order valence-electron chi connectivity index (χ1n) is 8.92. The van der Waals surface area contributed by atoms with Crippen LogP contribution in [-0.4, -0.2) is 36.5 Å². The van der Waals surface area contributed by atoms with Gasteiger partial charge in [-0.05, 0) is 32.6 Å². The molecular formula is C17H30BNO2. The summed E-state index contributed by atoms with van der Waals surface area (Å²) in [5.41, 5.74) is 0. The van der Waals surface area contributed by atoms with Gasteiger partial charge in [-0.2, -0.15) is 0 Å². The highest BCUT2D eigenvalue weighted by Gasteiger charge is 2.51. The highest BCUT2D eigenvalue weighted by atomic mass is 16.6. The Balaban J connectivity index is 1.73. The molecule has 1 aliphatic carbocycles. The van der Waals surface area contributed by atoms with Crippen molar-refractivity contribution in [3.63, 3.8) is 0 Å². The molecule has 4 rings (SSSR count). The third kappa shape index (κ3) is 2.59. The molecule has 21 heavy (non-hydrogen) atoms. The standard InChI is InChI=1S/C17H30BNO2/c1-11(2)17-8-6-5-7-14-15(9-13(10-17)18-17)21-16(20)19(14)12(3)4/h11-15,18H,5-10H2,1-4H3. The van der Waals surface area contributed by atoms with E-state index in [0.717, 1.165) is 24.6 Å². The maximum atomic E-state index is 12.2. The van der Waals surface area contributed by atoms with Gasteiger partial charge in [0.2, 0.25) is 0 Å². The number of hydrogen-bond donors (Lipinski definition) is 0. The van der Waals surface area contributed by atoms with E-state index in [1.54, 1.807) is 0 Å². The van der Waals surface area contributed by atoms with Crippen LogP contribution < -0.4 is 0 Å². The van der Waals surface area contributed by atoms with Crippen molar-refractivity contribution in [2.24, 2.45) is 5.92 Å². The molecule has 4 unspecified atom stereocenters. The number of ether oxygens (including phenoxy) is 1. The fourth-order valence-electron chi connectivity index (χ4n) is 5.09. The van der Waals surface area contributed by atoms with Gasteiger partial charge in [0.15, 0.2) is 0 Å². The van der Waals surface area contributed by atoms with Crippen molar-refractivity contribution in [1.82, 2.24) is 4.90 Å². The average Bonchev–Trinajstić information content (AvgIpc) is 2.67. The third-order valence-electron chi connectivity index (χ3n) is 6.41. The van der Waals surface area contributed by atoms with Gasteiger partial charge in [-0.1, -0.05) is 50.7 Å². The molecule has 3 saturated heterocycles. The van der Waals surface area contributed by atoms with Gasteiger partial charge in [0.05, 0.1) is 6.04 Å². The van der Waals surface area contributed by atoms with Crippen LogP contribution >= 0.6 is 0 Å². The lowest BCUT2D eigenvalue weighted by Crippen LogP contribution is -2.46. The smallest absolute Gasteiger partial charge is 0.410 e. The summed E-state index contributed by atoms with van der Waals surface area (Å²) in [4.78, 5) is 14.2. The number of carbonyl (C=O) groups is 1. The summed E-state index contributed by atoms with van der Waals surface area (Å²) in [6.07, 6.45) is 7.57. The largest absolute Gasteiger partial charge is 0.444 e. The highest BCUT2D eigenvalue weighted by molar-refractivity contribution is 6.46. The zero-order valence-corrected chi connectivity index (χ0v) is 14.1. The fraction of sp³-hybridized carbons (Fsp3) is 0.941. The SMILES string of the molecule is CC(C)N1C(=O)OC2CC3BC(C(C)C)(CCCCC21)C3. The summed E-state index contributed by atoms with van der Waals surface area (Å²) in [7, 11) is 1.35. The van der Waals surface area contributed by atoms with Gasteiger partial charge in [0, 0.05) is 6.04 Å². The molecule has 0 N–H and O–H groups in total. The second kappa shape index (κ2) is 5.51. The topological polar surface area (TPSA) is 29.5 Å². The van der Waals surface area contributed by atoms with Crippen molar-refractivity contribution >= 4 is 13.4 Å². The normalized spacial score (nSPS) is 39.6. The van der Waals surface area contributed by atoms with Crippen molar-refractivity contribution in [3.05, 3.63) is 0 Å². The molecule has 118 valence electrons. The molecule has 3 nitrogen and oxygen atoms in total. The minimum absolute atomic E-state index is 0.0753. The first kappa shape index (κ1) is 15.2. The molecule has 2 bridgehead atoms. The van der Waals surface area contributed by atoms with Crippen LogP contribution in [0.5, 0.6) is 0 Å². The van der Waals surface area contributed by atoms with Crippen LogP contribution in [-0.2, 0) is 4.74 Å². The predicted octanol–water partition coefficient (Wildman–Crippen LogP) is 3.99. The van der Waals surface area contributed by atoms with E-state index in [4.69, 9.17) is 4.74 Å². The molecule has 0 radical (unpaired) electrons. The Bertz CT molecular complexity index is 404. The molecule has 4 heteroatoms. The monoisotopic (exact) mass is 291 g/mol. The summed E-state index contributed by atoms with van der Waals surface area (Å²) >= 11 is 0. The van der Waals surface area contributed by atoms with Crippen molar-refractivity contribution < 1.29 is 9.53 Å². The maximum absolute atomic E-state index is 12.2. The maximum Gasteiger partial charge on any atom is 0.410 e. The quantitative estimate of drug-likeness (QED) is 0.720. The minimum Gasteiger partial charge on any atom is -0.444 e. The molecule has 0 spiro atoms. The van der Waals surface area contributed by atoms with E-state index in [1.165, 1.54) is 33.0 Å². The van der Waals surface area contributed by atoms with E-state index in [1.807, 2.05) is 4.90 Å². The van der Waals surface area contributed by atoms with Crippen LogP contribution in [0.4, 0.5) is 4.79 Å². The first-order valence-corrected chi connectivity index (χ1v) is 8.92. The van der Waals surface area contributed by atoms with E-state index in [0.29, 0.717) is 11.4 Å². The van der Waals surface area contributed by atoms with E-state index < -0.39 is 0 Å². The zero-order valence-electron chi connectivity index (χ0n) is 14.1. The van der Waals surface area contributed by atoms with Crippen LogP contribution in [0, 0.1) is 5.92 Å². The van der Waals surface area contributed by atoms with E-state index in [2.05, 4.69) is 27.7 Å². The van der Waals surface area contributed by atoms with Gasteiger partial charge in [-0.15, -0.1) is 0 Å². The predicted molar refractivity (Wildman–Crippen MR) is 87.2 cm³/mol. The Morgan fingerprint density at radius 2 is 2.00 bits per heavy atom. The van der Waals surface area contributed by atoms with Crippen molar-refractivity contribution in [2.75, 3.05) is 0 Å². The zero-order chi connectivity index (χ0) is 15.2. The van der Waals surface area contributed by atoms with Gasteiger partial charge in [-0.3, -0.25) is 4.90 Å². The van der Waals surface area contributed by atoms with Gasteiger partial charge in [0.25, 0.3) is 0 Å². The molecule has 4 atom stereocenters. The van der Waals surface area contributed by atoms with Crippen LogP contribution in [0.1, 0.15) is 66.2 Å². The van der Waals surface area contributed by atoms with Gasteiger partial charge in [-0.25, -0.2) is 4.79 Å². The van der Waals surface area contributed by atoms with Gasteiger partial charge in [0.1, 0.15) is 13.4 Å². The third-order valence-corrected chi connectivity index (χ3v) is 6.41. The molecule has 3 aliphatic heterocycles. The fourth-order valence-corrected chi connectivity index (χ4v) is 5.09. The summed E-state index contributed by atoms with van der Waals surface area (Å²) in [6, 6.07) is 0.580. The molecule has 1 saturated carbocycles. The summed E-state index contributed by atoms with van der Waals surface area (Å²) in [5.74, 6) is 1.57. The number of carbonyl (C=O) groups excluding carboxylic acids is 1. The second-order valence-electron chi connectivity index (χ2n) is 8.26. The Kier molecular flexibility index (Phi) is 4.00. The van der Waals surface area contributed by atoms with Crippen LogP contribution in [0.3, 0.4) is 0 Å². The van der Waals surface area contributed by atoms with Crippen LogP contribution in [0.25, 0.3) is 0 Å². The molecule has 1 amide bonds. The number of rotatable bonds is 2. The lowest BCUT2D eigenvalue weighted by molar-refractivity contribution is 0.114. The Hall–Kier alpha value is -0.665. The minimum atomic E-state index is -0.0753. The van der Waals surface area contributed by atoms with Crippen molar-refractivity contribution in [1.29, 1.82) is 0 Å². The first-order chi connectivity index (χ1) is 9.93. The average molecular weight is 291 g/mol. The molecule has 4 fully saturated rings. The Morgan fingerprint density at radius 1 is 1.29 bits per heavy atom. The number of nitrogens with zero attached hydrogens (tertiary/aromatic N) is 1. The molecule has 3 heterocycles. The number of hydrogen-bond acceptors (Lipinski definition) is 2. The van der Waals surface area contributed by atoms with Gasteiger partial charge >= 0.3 is 6.09 Å². The van der Waals surface area contributed by atoms with E-state index >= 15 is 0 Å². The van der Waals surface area contributed by atoms with Crippen LogP contribution in [0.15, 0.2) is 0 Å². The number of fused-ring (bicyclic) bond motifs is 3. The lowest BCUT2D eigenvalue weighted by Gasteiger charge is -2.52. The van der Waals surface area contributed by atoms with E-state index in [-0.39, 0.29) is 18.2 Å². The molecule has 0 aromatic carbocycles. The molecular weight excluding hydrogens is 261 g/mol. The van der Waals surface area contributed by atoms with Crippen molar-refractivity contribution in [3.8, 4) is 0 Å². The summed E-state index contributed by atoms with van der Waals surface area (Å²) in [6.45, 7) is 8.99. The molecule has 4 aliphatic rings.